The molecule has 1 fully saturated rings. The maximum atomic E-state index is 6.31. The molecule has 20 heavy (non-hydrogen) atoms. The minimum atomic E-state index is 0.639. The molecule has 1 aliphatic heterocycles. The lowest BCUT2D eigenvalue weighted by molar-refractivity contribution is 0.297. The molecule has 0 saturated heterocycles. The first kappa shape index (κ1) is 14.0. The topological polar surface area (TPSA) is 30.5 Å². The van der Waals surface area contributed by atoms with E-state index in [-0.39, 0.29) is 0 Å². The fourth-order valence-electron chi connectivity index (χ4n) is 3.04. The molecule has 2 atom stereocenters. The van der Waals surface area contributed by atoms with Crippen LogP contribution in [0.1, 0.15) is 38.2 Å². The van der Waals surface area contributed by atoms with Crippen LogP contribution in [0.15, 0.2) is 12.1 Å². The molecule has 2 aliphatic rings. The van der Waals surface area contributed by atoms with Crippen LogP contribution in [0.25, 0.3) is 0 Å². The number of halogens is 1. The van der Waals surface area contributed by atoms with Crippen molar-refractivity contribution in [2.24, 2.45) is 5.92 Å². The van der Waals surface area contributed by atoms with Crippen LogP contribution in [0.2, 0.25) is 5.02 Å². The summed E-state index contributed by atoms with van der Waals surface area (Å²) in [5.74, 6) is 2.33. The number of ether oxygens (including phenoxy) is 2. The molecule has 2 unspecified atom stereocenters. The molecule has 0 spiro atoms. The normalized spacial score (nSPS) is 25.5. The summed E-state index contributed by atoms with van der Waals surface area (Å²) in [7, 11) is 0. The van der Waals surface area contributed by atoms with E-state index in [1.807, 2.05) is 6.07 Å². The molecule has 0 aromatic heterocycles. The van der Waals surface area contributed by atoms with Crippen molar-refractivity contribution >= 4 is 11.6 Å². The summed E-state index contributed by atoms with van der Waals surface area (Å²) in [4.78, 5) is 0. The van der Waals surface area contributed by atoms with E-state index in [0.717, 1.165) is 24.6 Å². The van der Waals surface area contributed by atoms with Crippen molar-refractivity contribution in [1.82, 2.24) is 5.32 Å². The molecule has 1 aromatic carbocycles. The molecule has 1 saturated carbocycles. The Bertz CT molecular complexity index is 478. The molecule has 1 N–H and O–H groups in total. The fourth-order valence-corrected chi connectivity index (χ4v) is 3.33. The van der Waals surface area contributed by atoms with E-state index in [1.165, 1.54) is 24.8 Å². The second-order valence-corrected chi connectivity index (χ2v) is 6.36. The molecule has 1 aliphatic carbocycles. The zero-order valence-electron chi connectivity index (χ0n) is 12.0. The number of benzene rings is 1. The van der Waals surface area contributed by atoms with Crippen LogP contribution in [0.3, 0.4) is 0 Å². The van der Waals surface area contributed by atoms with Crippen LogP contribution >= 0.6 is 11.6 Å². The summed E-state index contributed by atoms with van der Waals surface area (Å²) < 4.78 is 11.4. The van der Waals surface area contributed by atoms with Gasteiger partial charge in [0.25, 0.3) is 0 Å². The van der Waals surface area contributed by atoms with Crippen molar-refractivity contribution < 1.29 is 9.47 Å². The monoisotopic (exact) mass is 295 g/mol. The second kappa shape index (κ2) is 6.23. The maximum Gasteiger partial charge on any atom is 0.179 e. The van der Waals surface area contributed by atoms with Crippen LogP contribution in [0, 0.1) is 5.92 Å². The molecule has 1 aromatic rings. The molecule has 0 radical (unpaired) electrons. The van der Waals surface area contributed by atoms with Crippen molar-refractivity contribution in [1.29, 1.82) is 0 Å². The average molecular weight is 296 g/mol. The van der Waals surface area contributed by atoms with Gasteiger partial charge in [0.1, 0.15) is 0 Å². The number of hydrogen-bond donors (Lipinski definition) is 1. The Balaban J connectivity index is 1.67. The van der Waals surface area contributed by atoms with Gasteiger partial charge in [-0.1, -0.05) is 18.5 Å². The lowest BCUT2D eigenvalue weighted by atomic mass is 10.1. The predicted molar refractivity (Wildman–Crippen MR) is 80.7 cm³/mol. The van der Waals surface area contributed by atoms with E-state index >= 15 is 0 Å². The Morgan fingerprint density at radius 3 is 2.90 bits per heavy atom. The van der Waals surface area contributed by atoms with E-state index in [2.05, 4.69) is 18.3 Å². The molecular formula is C16H22ClNO2. The summed E-state index contributed by atoms with van der Waals surface area (Å²) in [5.41, 5.74) is 1.17. The highest BCUT2D eigenvalue weighted by Crippen LogP contribution is 2.38. The van der Waals surface area contributed by atoms with Crippen LogP contribution < -0.4 is 14.8 Å². The third-order valence-electron chi connectivity index (χ3n) is 4.15. The third kappa shape index (κ3) is 3.21. The van der Waals surface area contributed by atoms with Gasteiger partial charge in [-0.3, -0.25) is 0 Å². The SMILES string of the molecule is CC1CCC(NCc2cc(Cl)c3c(c2)OCCCO3)C1. The molecule has 0 bridgehead atoms. The highest BCUT2D eigenvalue weighted by atomic mass is 35.5. The molecule has 3 rings (SSSR count). The first-order valence-corrected chi connectivity index (χ1v) is 7.91. The van der Waals surface area contributed by atoms with Gasteiger partial charge < -0.3 is 14.8 Å². The first-order valence-electron chi connectivity index (χ1n) is 7.54. The standard InChI is InChI=1S/C16H22ClNO2/c1-11-3-4-13(7-11)18-10-12-8-14(17)16-15(9-12)19-5-2-6-20-16/h8-9,11,13,18H,2-7,10H2,1H3. The van der Waals surface area contributed by atoms with Crippen molar-refractivity contribution in [3.05, 3.63) is 22.7 Å². The quantitative estimate of drug-likeness (QED) is 0.920. The van der Waals surface area contributed by atoms with Gasteiger partial charge >= 0.3 is 0 Å². The maximum absolute atomic E-state index is 6.31. The Morgan fingerprint density at radius 1 is 1.25 bits per heavy atom. The van der Waals surface area contributed by atoms with E-state index < -0.39 is 0 Å². The van der Waals surface area contributed by atoms with Gasteiger partial charge in [0.2, 0.25) is 0 Å². The lowest BCUT2D eigenvalue weighted by Gasteiger charge is -2.15. The molecule has 1 heterocycles. The van der Waals surface area contributed by atoms with Gasteiger partial charge in [-0.15, -0.1) is 0 Å². The second-order valence-electron chi connectivity index (χ2n) is 5.95. The molecule has 3 nitrogen and oxygen atoms in total. The fraction of sp³-hybridized carbons (Fsp3) is 0.625. The van der Waals surface area contributed by atoms with Crippen LogP contribution in [0.4, 0.5) is 0 Å². The predicted octanol–water partition coefficient (Wildman–Crippen LogP) is 3.78. The van der Waals surface area contributed by atoms with Gasteiger partial charge in [-0.25, -0.2) is 0 Å². The summed E-state index contributed by atoms with van der Waals surface area (Å²) in [6, 6.07) is 4.68. The number of rotatable bonds is 3. The minimum absolute atomic E-state index is 0.639. The van der Waals surface area contributed by atoms with Gasteiger partial charge in [0, 0.05) is 19.0 Å². The zero-order valence-corrected chi connectivity index (χ0v) is 12.7. The Hall–Kier alpha value is -0.930. The third-order valence-corrected chi connectivity index (χ3v) is 4.43. The number of hydrogen-bond acceptors (Lipinski definition) is 3. The number of nitrogens with one attached hydrogen (secondary N) is 1. The molecule has 0 amide bonds. The summed E-state index contributed by atoms with van der Waals surface area (Å²) >= 11 is 6.31. The summed E-state index contributed by atoms with van der Waals surface area (Å²) in [6.45, 7) is 4.53. The highest BCUT2D eigenvalue weighted by Gasteiger charge is 2.21. The largest absolute Gasteiger partial charge is 0.489 e. The minimum Gasteiger partial charge on any atom is -0.489 e. The van der Waals surface area contributed by atoms with Crippen molar-refractivity contribution in [3.63, 3.8) is 0 Å². The van der Waals surface area contributed by atoms with E-state index in [9.17, 15) is 0 Å². The van der Waals surface area contributed by atoms with E-state index in [0.29, 0.717) is 30.0 Å². The van der Waals surface area contributed by atoms with Gasteiger partial charge in [-0.05, 0) is 42.9 Å². The summed E-state index contributed by atoms with van der Waals surface area (Å²) in [6.07, 6.45) is 4.79. The van der Waals surface area contributed by atoms with Crippen LogP contribution in [-0.4, -0.2) is 19.3 Å². The molecule has 4 heteroatoms. The Kier molecular flexibility index (Phi) is 4.37. The van der Waals surface area contributed by atoms with Crippen molar-refractivity contribution in [2.45, 2.75) is 45.2 Å². The first-order chi connectivity index (χ1) is 9.72. The van der Waals surface area contributed by atoms with Gasteiger partial charge in [0.15, 0.2) is 11.5 Å². The highest BCUT2D eigenvalue weighted by molar-refractivity contribution is 6.32. The van der Waals surface area contributed by atoms with Gasteiger partial charge in [-0.2, -0.15) is 0 Å². The molecule has 110 valence electrons. The van der Waals surface area contributed by atoms with Crippen LogP contribution in [-0.2, 0) is 6.54 Å². The zero-order chi connectivity index (χ0) is 13.9. The van der Waals surface area contributed by atoms with Crippen molar-refractivity contribution in [2.75, 3.05) is 13.2 Å². The van der Waals surface area contributed by atoms with E-state index in [1.54, 1.807) is 0 Å². The van der Waals surface area contributed by atoms with Gasteiger partial charge in [0.05, 0.1) is 18.2 Å². The van der Waals surface area contributed by atoms with Crippen LogP contribution in [0.5, 0.6) is 11.5 Å². The van der Waals surface area contributed by atoms with E-state index in [4.69, 9.17) is 21.1 Å². The number of fused-ring (bicyclic) bond motifs is 1. The Labute approximate surface area is 125 Å². The van der Waals surface area contributed by atoms with Crippen molar-refractivity contribution in [3.8, 4) is 11.5 Å². The smallest absolute Gasteiger partial charge is 0.179 e. The summed E-state index contributed by atoms with van der Waals surface area (Å²) in [5, 5.41) is 4.28. The molecular weight excluding hydrogens is 274 g/mol. The lowest BCUT2D eigenvalue weighted by Crippen LogP contribution is -2.25. The average Bonchev–Trinajstić information content (AvgIpc) is 2.70. The Morgan fingerprint density at radius 2 is 2.10 bits per heavy atom.